The summed E-state index contributed by atoms with van der Waals surface area (Å²) in [6.45, 7) is 0. The van der Waals surface area contributed by atoms with E-state index in [-0.39, 0.29) is 31.8 Å². The maximum atomic E-state index is 12.8. The summed E-state index contributed by atoms with van der Waals surface area (Å²) in [7, 11) is 0. The number of carbonyl (C=O) groups excluding carboxylic acids is 3. The van der Waals surface area contributed by atoms with Gasteiger partial charge in [-0.1, -0.05) is 35.3 Å². The lowest BCUT2D eigenvalue weighted by molar-refractivity contribution is -0.174. The van der Waals surface area contributed by atoms with Crippen LogP contribution in [0.5, 0.6) is 0 Å². The number of fused-ring (bicyclic) bond motifs is 2. The van der Waals surface area contributed by atoms with E-state index in [0.717, 1.165) is 16.2 Å². The van der Waals surface area contributed by atoms with Crippen LogP contribution in [0.1, 0.15) is 50.3 Å². The van der Waals surface area contributed by atoms with Crippen LogP contribution >= 0.6 is 34.5 Å². The molecule has 0 saturated carbocycles. The second kappa shape index (κ2) is 6.47. The van der Waals surface area contributed by atoms with Crippen molar-refractivity contribution >= 4 is 52.3 Å². The van der Waals surface area contributed by atoms with E-state index in [1.165, 1.54) is 12.1 Å². The molecule has 2 atom stereocenters. The summed E-state index contributed by atoms with van der Waals surface area (Å²) in [5.74, 6) is -3.28. The number of amides is 3. The maximum absolute atomic E-state index is 12.8. The highest BCUT2D eigenvalue weighted by atomic mass is 35.5. The van der Waals surface area contributed by atoms with Crippen LogP contribution in [0, 0.1) is 0 Å². The van der Waals surface area contributed by atoms with Crippen LogP contribution in [0.2, 0.25) is 8.67 Å². The number of benzene rings is 1. The molecule has 0 fully saturated rings. The molecule has 2 heterocycles. The predicted octanol–water partition coefficient (Wildman–Crippen LogP) is 4.52. The number of nitrogens with zero attached hydrogens (tertiary/aromatic N) is 1. The molecular weight excluding hydrogens is 440 g/mol. The molecular formula is C17H9Cl2F3N2O3S. The van der Waals surface area contributed by atoms with Crippen molar-refractivity contribution in [3.8, 4) is 0 Å². The van der Waals surface area contributed by atoms with E-state index in [1.807, 2.05) is 5.32 Å². The van der Waals surface area contributed by atoms with Crippen molar-refractivity contribution in [2.45, 2.75) is 24.7 Å². The topological polar surface area (TPSA) is 66.5 Å². The Kier molecular flexibility index (Phi) is 4.44. The Hall–Kier alpha value is -2.10. The van der Waals surface area contributed by atoms with Crippen LogP contribution in [-0.2, 0) is 4.79 Å². The first-order chi connectivity index (χ1) is 13.1. The number of nitrogens with one attached hydrogen (secondary N) is 1. The van der Waals surface area contributed by atoms with E-state index in [1.54, 1.807) is 12.1 Å². The van der Waals surface area contributed by atoms with Crippen molar-refractivity contribution in [3.05, 3.63) is 55.2 Å². The average Bonchev–Trinajstić information content (AvgIpc) is 3.21. The molecule has 3 amide bonds. The summed E-state index contributed by atoms with van der Waals surface area (Å²) >= 11 is 13.2. The van der Waals surface area contributed by atoms with Crippen molar-refractivity contribution in [1.29, 1.82) is 0 Å². The van der Waals surface area contributed by atoms with E-state index in [0.29, 0.717) is 5.56 Å². The molecule has 1 aromatic heterocycles. The monoisotopic (exact) mass is 448 g/mol. The Labute approximate surface area is 170 Å². The summed E-state index contributed by atoms with van der Waals surface area (Å²) < 4.78 is 38.4. The molecule has 1 aliphatic carbocycles. The number of hydrogen-bond acceptors (Lipinski definition) is 4. The fourth-order valence-corrected chi connectivity index (χ4v) is 5.51. The van der Waals surface area contributed by atoms with Crippen molar-refractivity contribution in [3.63, 3.8) is 0 Å². The Bertz CT molecular complexity index is 1000. The first kappa shape index (κ1) is 19.2. The standard InChI is InChI=1S/C17H9Cl2F3N2O3S/c18-12-10-8(23-16(27)17(20,21)22)5-9(11(10)13(19)28-12)24-14(25)6-3-1-2-4-7(6)15(24)26/h1-4,8-9H,5H2,(H,23,27)/t8-,9+/m0/s1. The molecule has 28 heavy (non-hydrogen) atoms. The fraction of sp³-hybridized carbons (Fsp3) is 0.235. The van der Waals surface area contributed by atoms with Crippen LogP contribution < -0.4 is 5.32 Å². The van der Waals surface area contributed by atoms with Gasteiger partial charge in [-0.25, -0.2) is 0 Å². The van der Waals surface area contributed by atoms with Gasteiger partial charge in [0.1, 0.15) is 8.67 Å². The molecule has 0 spiro atoms. The van der Waals surface area contributed by atoms with Gasteiger partial charge in [0.25, 0.3) is 11.8 Å². The number of halogens is 5. The van der Waals surface area contributed by atoms with Gasteiger partial charge in [0, 0.05) is 11.1 Å². The SMILES string of the molecule is O=C1c2ccccc2C(=O)N1[C@@H]1C[C@H](NC(=O)C(F)(F)F)c2c(Cl)sc(Cl)c21. The highest BCUT2D eigenvalue weighted by Gasteiger charge is 2.49. The summed E-state index contributed by atoms with van der Waals surface area (Å²) in [5, 5.41) is 1.88. The molecule has 4 rings (SSSR count). The van der Waals surface area contributed by atoms with E-state index < -0.39 is 36.0 Å². The molecule has 2 aromatic rings. The largest absolute Gasteiger partial charge is 0.471 e. The van der Waals surface area contributed by atoms with Crippen LogP contribution in [0.3, 0.4) is 0 Å². The van der Waals surface area contributed by atoms with E-state index >= 15 is 0 Å². The zero-order valence-electron chi connectivity index (χ0n) is 13.6. The molecule has 0 bridgehead atoms. The molecule has 1 aliphatic heterocycles. The van der Waals surface area contributed by atoms with Gasteiger partial charge in [-0.2, -0.15) is 13.2 Å². The second-order valence-electron chi connectivity index (χ2n) is 6.28. The van der Waals surface area contributed by atoms with Crippen LogP contribution in [0.4, 0.5) is 13.2 Å². The molecule has 0 unspecified atom stereocenters. The lowest BCUT2D eigenvalue weighted by Gasteiger charge is -2.23. The fourth-order valence-electron chi connectivity index (χ4n) is 3.59. The number of alkyl halides is 3. The minimum atomic E-state index is -5.08. The average molecular weight is 449 g/mol. The van der Waals surface area contributed by atoms with Gasteiger partial charge in [0.05, 0.1) is 23.2 Å². The number of thiophene rings is 1. The van der Waals surface area contributed by atoms with Gasteiger partial charge in [-0.3, -0.25) is 19.3 Å². The van der Waals surface area contributed by atoms with Gasteiger partial charge in [-0.05, 0) is 18.6 Å². The maximum Gasteiger partial charge on any atom is 0.471 e. The van der Waals surface area contributed by atoms with Gasteiger partial charge in [0.15, 0.2) is 0 Å². The van der Waals surface area contributed by atoms with Crippen LogP contribution in [-0.4, -0.2) is 28.8 Å². The summed E-state index contributed by atoms with van der Waals surface area (Å²) in [4.78, 5) is 37.9. The molecule has 0 saturated heterocycles. The summed E-state index contributed by atoms with van der Waals surface area (Å²) in [6, 6.07) is 4.14. The highest BCUT2D eigenvalue weighted by molar-refractivity contribution is 7.20. The summed E-state index contributed by atoms with van der Waals surface area (Å²) in [6.07, 6.45) is -5.23. The Morgan fingerprint density at radius 2 is 1.61 bits per heavy atom. The Morgan fingerprint density at radius 3 is 2.14 bits per heavy atom. The van der Waals surface area contributed by atoms with E-state index in [9.17, 15) is 27.6 Å². The van der Waals surface area contributed by atoms with Crippen molar-refractivity contribution in [2.24, 2.45) is 0 Å². The van der Waals surface area contributed by atoms with Gasteiger partial charge in [0.2, 0.25) is 0 Å². The quantitative estimate of drug-likeness (QED) is 0.686. The van der Waals surface area contributed by atoms with Crippen LogP contribution in [0.25, 0.3) is 0 Å². The molecule has 1 N–H and O–H groups in total. The molecule has 1 aromatic carbocycles. The van der Waals surface area contributed by atoms with Crippen LogP contribution in [0.15, 0.2) is 24.3 Å². The smallest absolute Gasteiger partial charge is 0.341 e. The molecule has 2 aliphatic rings. The lowest BCUT2D eigenvalue weighted by Crippen LogP contribution is -2.39. The third kappa shape index (κ3) is 2.80. The Balaban J connectivity index is 1.74. The first-order valence-corrected chi connectivity index (χ1v) is 9.50. The zero-order chi connectivity index (χ0) is 20.4. The predicted molar refractivity (Wildman–Crippen MR) is 95.6 cm³/mol. The number of carbonyl (C=O) groups is 3. The third-order valence-corrected chi connectivity index (χ3v) is 6.40. The normalized spacial score (nSPS) is 21.1. The minimum absolute atomic E-state index is 0.103. The molecule has 5 nitrogen and oxygen atoms in total. The van der Waals surface area contributed by atoms with Crippen molar-refractivity contribution in [2.75, 3.05) is 0 Å². The number of hydrogen-bond donors (Lipinski definition) is 1. The highest BCUT2D eigenvalue weighted by Crippen LogP contribution is 2.54. The van der Waals surface area contributed by atoms with Gasteiger partial charge in [-0.15, -0.1) is 11.3 Å². The second-order valence-corrected chi connectivity index (χ2v) is 8.50. The van der Waals surface area contributed by atoms with Crippen molar-refractivity contribution in [1.82, 2.24) is 10.2 Å². The third-order valence-electron chi connectivity index (χ3n) is 4.73. The summed E-state index contributed by atoms with van der Waals surface area (Å²) in [5.41, 5.74) is 0.901. The number of rotatable bonds is 2. The first-order valence-electron chi connectivity index (χ1n) is 7.93. The lowest BCUT2D eigenvalue weighted by atomic mass is 10.1. The van der Waals surface area contributed by atoms with E-state index in [2.05, 4.69) is 0 Å². The van der Waals surface area contributed by atoms with E-state index in [4.69, 9.17) is 23.2 Å². The minimum Gasteiger partial charge on any atom is -0.341 e. The molecule has 11 heteroatoms. The zero-order valence-corrected chi connectivity index (χ0v) is 16.0. The van der Waals surface area contributed by atoms with Gasteiger partial charge >= 0.3 is 12.1 Å². The number of imide groups is 1. The molecule has 146 valence electrons. The van der Waals surface area contributed by atoms with Gasteiger partial charge < -0.3 is 5.32 Å². The van der Waals surface area contributed by atoms with Crippen molar-refractivity contribution < 1.29 is 27.6 Å². The Morgan fingerprint density at radius 1 is 1.07 bits per heavy atom. The molecule has 0 radical (unpaired) electrons.